The van der Waals surface area contributed by atoms with E-state index in [0.717, 1.165) is 15.8 Å². The zero-order valence-corrected chi connectivity index (χ0v) is 11.7. The monoisotopic (exact) mass is 334 g/mol. The molecule has 0 radical (unpaired) electrons. The average Bonchev–Trinajstić information content (AvgIpc) is 2.14. The van der Waals surface area contributed by atoms with Crippen LogP contribution in [0.15, 0.2) is 18.2 Å². The van der Waals surface area contributed by atoms with E-state index in [0.29, 0.717) is 0 Å². The Labute approximate surface area is 109 Å². The van der Waals surface area contributed by atoms with E-state index >= 15 is 0 Å². The molecule has 0 saturated carbocycles. The minimum atomic E-state index is -0.379. The first-order valence-electron chi connectivity index (χ1n) is 4.97. The molecule has 0 saturated heterocycles. The Morgan fingerprint density at radius 3 is 2.50 bits per heavy atom. The van der Waals surface area contributed by atoms with Crippen molar-refractivity contribution in [1.29, 1.82) is 0 Å². The lowest BCUT2D eigenvalue weighted by atomic mass is 9.97. The lowest BCUT2D eigenvalue weighted by Crippen LogP contribution is -2.19. The Kier molecular flexibility index (Phi) is 4.12. The molecule has 1 aromatic carbocycles. The van der Waals surface area contributed by atoms with Crippen LogP contribution >= 0.6 is 22.6 Å². The molecule has 1 N–H and O–H groups in total. The Bertz CT molecular complexity index is 399. The molecule has 88 valence electrons. The molecule has 16 heavy (non-hydrogen) atoms. The van der Waals surface area contributed by atoms with Gasteiger partial charge in [-0.3, -0.25) is 10.1 Å². The highest BCUT2D eigenvalue weighted by Crippen LogP contribution is 2.25. The van der Waals surface area contributed by atoms with Gasteiger partial charge in [0.15, 0.2) is 0 Å². The van der Waals surface area contributed by atoms with Crippen molar-refractivity contribution in [2.75, 3.05) is 11.9 Å². The Hall–Kier alpha value is -0.850. The molecule has 4 nitrogen and oxygen atoms in total. The number of nitro benzene ring substituents is 1. The van der Waals surface area contributed by atoms with E-state index in [-0.39, 0.29) is 16.0 Å². The molecule has 0 aliphatic heterocycles. The van der Waals surface area contributed by atoms with Gasteiger partial charge < -0.3 is 5.32 Å². The highest BCUT2D eigenvalue weighted by molar-refractivity contribution is 14.1. The van der Waals surface area contributed by atoms with Gasteiger partial charge in [0.1, 0.15) is 0 Å². The van der Waals surface area contributed by atoms with Crippen LogP contribution in [0.4, 0.5) is 11.4 Å². The molecule has 1 aromatic rings. The number of hydrogen-bond donors (Lipinski definition) is 1. The molecule has 0 fully saturated rings. The summed E-state index contributed by atoms with van der Waals surface area (Å²) >= 11 is 2.10. The van der Waals surface area contributed by atoms with Crippen LogP contribution in [0.3, 0.4) is 0 Å². The zero-order valence-electron chi connectivity index (χ0n) is 9.58. The van der Waals surface area contributed by atoms with Crippen molar-refractivity contribution in [3.05, 3.63) is 31.9 Å². The van der Waals surface area contributed by atoms with Gasteiger partial charge >= 0.3 is 0 Å². The van der Waals surface area contributed by atoms with E-state index in [4.69, 9.17) is 0 Å². The molecule has 0 atom stereocenters. The molecule has 0 spiro atoms. The van der Waals surface area contributed by atoms with Gasteiger partial charge in [-0.15, -0.1) is 0 Å². The number of benzene rings is 1. The summed E-state index contributed by atoms with van der Waals surface area (Å²) < 4.78 is 0.871. The molecular weight excluding hydrogens is 319 g/mol. The lowest BCUT2D eigenvalue weighted by molar-refractivity contribution is -0.384. The Morgan fingerprint density at radius 1 is 1.44 bits per heavy atom. The van der Waals surface area contributed by atoms with Gasteiger partial charge in [0.2, 0.25) is 0 Å². The van der Waals surface area contributed by atoms with E-state index < -0.39 is 0 Å². The first-order chi connectivity index (χ1) is 7.29. The highest BCUT2D eigenvalue weighted by atomic mass is 127. The summed E-state index contributed by atoms with van der Waals surface area (Å²) in [5.41, 5.74) is 1.26. The fourth-order valence-corrected chi connectivity index (χ4v) is 1.81. The maximum atomic E-state index is 10.6. The summed E-state index contributed by atoms with van der Waals surface area (Å²) in [4.78, 5) is 10.2. The number of nitro groups is 1. The van der Waals surface area contributed by atoms with E-state index in [9.17, 15) is 10.1 Å². The van der Waals surface area contributed by atoms with Crippen molar-refractivity contribution < 1.29 is 4.92 Å². The van der Waals surface area contributed by atoms with Crippen LogP contribution in [-0.2, 0) is 0 Å². The van der Waals surface area contributed by atoms with Crippen LogP contribution in [0.2, 0.25) is 0 Å². The smallest absolute Gasteiger partial charge is 0.270 e. The third-order valence-corrected chi connectivity index (χ3v) is 2.87. The third kappa shape index (κ3) is 3.96. The Morgan fingerprint density at radius 2 is 2.06 bits per heavy atom. The quantitative estimate of drug-likeness (QED) is 0.521. The summed E-state index contributed by atoms with van der Waals surface area (Å²) in [7, 11) is 0. The molecular formula is C11H15IN2O2. The fourth-order valence-electron chi connectivity index (χ4n) is 1.12. The number of rotatable bonds is 3. The average molecular weight is 334 g/mol. The van der Waals surface area contributed by atoms with Crippen molar-refractivity contribution >= 4 is 34.0 Å². The molecule has 0 amide bonds. The van der Waals surface area contributed by atoms with Crippen molar-refractivity contribution in [2.24, 2.45) is 5.41 Å². The van der Waals surface area contributed by atoms with Crippen molar-refractivity contribution in [3.63, 3.8) is 0 Å². The van der Waals surface area contributed by atoms with Gasteiger partial charge in [-0.1, -0.05) is 20.8 Å². The summed E-state index contributed by atoms with van der Waals surface area (Å²) in [6.45, 7) is 7.25. The normalized spacial score (nSPS) is 11.2. The molecule has 0 aliphatic carbocycles. The van der Waals surface area contributed by atoms with E-state index in [2.05, 4.69) is 48.7 Å². The summed E-state index contributed by atoms with van der Waals surface area (Å²) in [6.07, 6.45) is 0. The lowest BCUT2D eigenvalue weighted by Gasteiger charge is -2.20. The van der Waals surface area contributed by atoms with E-state index in [1.54, 1.807) is 12.1 Å². The van der Waals surface area contributed by atoms with E-state index in [1.807, 2.05) is 0 Å². The molecule has 0 aromatic heterocycles. The van der Waals surface area contributed by atoms with Crippen LogP contribution in [0.25, 0.3) is 0 Å². The maximum absolute atomic E-state index is 10.6. The summed E-state index contributed by atoms with van der Waals surface area (Å²) in [5, 5.41) is 13.9. The zero-order chi connectivity index (χ0) is 12.3. The van der Waals surface area contributed by atoms with Crippen molar-refractivity contribution in [2.45, 2.75) is 20.8 Å². The second-order valence-corrected chi connectivity index (χ2v) is 6.00. The van der Waals surface area contributed by atoms with Crippen LogP contribution < -0.4 is 5.32 Å². The number of halogens is 1. The summed E-state index contributed by atoms with van der Waals surface area (Å²) in [5.74, 6) is 0. The molecule has 5 heteroatoms. The molecule has 0 aliphatic rings. The standard InChI is InChI=1S/C11H15IN2O2/c1-11(2,3)7-13-10-5-4-8(14(15)16)6-9(10)12/h4-6,13H,7H2,1-3H3. The molecule has 1 rings (SSSR count). The maximum Gasteiger partial charge on any atom is 0.270 e. The number of nitrogens with zero attached hydrogens (tertiary/aromatic N) is 1. The SMILES string of the molecule is CC(C)(C)CNc1ccc([N+](=O)[O-])cc1I. The number of hydrogen-bond acceptors (Lipinski definition) is 3. The minimum absolute atomic E-state index is 0.130. The van der Waals surface area contributed by atoms with Gasteiger partial charge in [0.05, 0.1) is 4.92 Å². The predicted octanol–water partition coefficient (Wildman–Crippen LogP) is 3.66. The third-order valence-electron chi connectivity index (χ3n) is 1.97. The summed E-state index contributed by atoms with van der Waals surface area (Å²) in [6, 6.07) is 4.85. The first kappa shape index (κ1) is 13.2. The number of nitrogens with one attached hydrogen (secondary N) is 1. The van der Waals surface area contributed by atoms with Gasteiger partial charge in [-0.25, -0.2) is 0 Å². The van der Waals surface area contributed by atoms with Gasteiger partial charge in [0, 0.05) is 27.9 Å². The van der Waals surface area contributed by atoms with Crippen molar-refractivity contribution in [1.82, 2.24) is 0 Å². The first-order valence-corrected chi connectivity index (χ1v) is 6.05. The van der Waals surface area contributed by atoms with E-state index in [1.165, 1.54) is 6.07 Å². The molecule has 0 unspecified atom stereocenters. The van der Waals surface area contributed by atoms with Gasteiger partial charge in [-0.05, 0) is 34.1 Å². The fraction of sp³-hybridized carbons (Fsp3) is 0.455. The van der Waals surface area contributed by atoms with Crippen LogP contribution in [0.5, 0.6) is 0 Å². The second kappa shape index (κ2) is 4.99. The predicted molar refractivity (Wildman–Crippen MR) is 73.8 cm³/mol. The van der Waals surface area contributed by atoms with Crippen molar-refractivity contribution in [3.8, 4) is 0 Å². The highest BCUT2D eigenvalue weighted by Gasteiger charge is 2.12. The minimum Gasteiger partial charge on any atom is -0.384 e. The van der Waals surface area contributed by atoms with Crippen LogP contribution in [-0.4, -0.2) is 11.5 Å². The van der Waals surface area contributed by atoms with Gasteiger partial charge in [0.25, 0.3) is 5.69 Å². The second-order valence-electron chi connectivity index (χ2n) is 4.84. The molecule has 0 heterocycles. The van der Waals surface area contributed by atoms with Crippen LogP contribution in [0, 0.1) is 19.1 Å². The number of anilines is 1. The number of non-ortho nitro benzene ring substituents is 1. The largest absolute Gasteiger partial charge is 0.384 e. The Balaban J connectivity index is 2.80. The molecule has 0 bridgehead atoms. The van der Waals surface area contributed by atoms with Gasteiger partial charge in [-0.2, -0.15) is 0 Å². The topological polar surface area (TPSA) is 55.2 Å². The van der Waals surface area contributed by atoms with Crippen LogP contribution in [0.1, 0.15) is 20.8 Å².